The molecule has 4 aromatic carbocycles. The molecule has 1 fully saturated rings. The van der Waals surface area contributed by atoms with Gasteiger partial charge in [-0.2, -0.15) is 0 Å². The van der Waals surface area contributed by atoms with Crippen molar-refractivity contribution in [3.8, 4) is 28.7 Å². The van der Waals surface area contributed by atoms with E-state index in [1.165, 1.54) is 0 Å². The second-order valence-corrected chi connectivity index (χ2v) is 15.6. The van der Waals surface area contributed by atoms with Crippen molar-refractivity contribution in [2.45, 2.75) is 62.7 Å². The molecule has 2 aliphatic carbocycles. The summed E-state index contributed by atoms with van der Waals surface area (Å²) in [5, 5.41) is 26.6. The lowest BCUT2D eigenvalue weighted by Gasteiger charge is -2.59. The van der Waals surface area contributed by atoms with E-state index >= 15 is 0 Å². The fraction of sp³-hybridized carbons (Fsp3) is 0.404. The molecule has 11 heteroatoms. The van der Waals surface area contributed by atoms with Crippen LogP contribution in [0.25, 0.3) is 10.8 Å². The number of carbonyl (C=O) groups excluding carboxylic acids is 1. The van der Waals surface area contributed by atoms with Gasteiger partial charge in [0.25, 0.3) is 5.91 Å². The molecule has 0 aromatic heterocycles. The van der Waals surface area contributed by atoms with Gasteiger partial charge in [-0.1, -0.05) is 60.5 Å². The van der Waals surface area contributed by atoms with Crippen LogP contribution in [0.2, 0.25) is 0 Å². The number of fused-ring (bicyclic) bond motifs is 4. The van der Waals surface area contributed by atoms with Crippen molar-refractivity contribution in [1.82, 2.24) is 4.90 Å². The van der Waals surface area contributed by atoms with Crippen molar-refractivity contribution in [2.75, 3.05) is 40.8 Å². The molecule has 2 heterocycles. The van der Waals surface area contributed by atoms with Crippen LogP contribution in [0.4, 0.5) is 0 Å². The zero-order valence-corrected chi connectivity index (χ0v) is 33.2. The zero-order valence-electron chi connectivity index (χ0n) is 33.2. The van der Waals surface area contributed by atoms with E-state index in [2.05, 4.69) is 42.1 Å². The molecule has 4 aliphatic rings. The summed E-state index contributed by atoms with van der Waals surface area (Å²) >= 11 is 0. The summed E-state index contributed by atoms with van der Waals surface area (Å²) in [7, 11) is 3.32. The number of unbranched alkanes of at least 4 members (excludes halogenated alkanes) is 2. The predicted molar refractivity (Wildman–Crippen MR) is 221 cm³/mol. The first kappa shape index (κ1) is 39.5. The van der Waals surface area contributed by atoms with Crippen LogP contribution in [0.1, 0.15) is 66.8 Å². The van der Waals surface area contributed by atoms with Gasteiger partial charge in [0.2, 0.25) is 12.6 Å². The highest BCUT2D eigenvalue weighted by molar-refractivity contribution is 6.03. The minimum atomic E-state index is -1.36. The van der Waals surface area contributed by atoms with Gasteiger partial charge in [-0.05, 0) is 102 Å². The molecule has 1 amide bonds. The van der Waals surface area contributed by atoms with Crippen LogP contribution >= 0.6 is 0 Å². The minimum Gasteiger partial charge on any atom is -0.459 e. The summed E-state index contributed by atoms with van der Waals surface area (Å²) in [5.41, 5.74) is 3.11. The first-order chi connectivity index (χ1) is 28.4. The van der Waals surface area contributed by atoms with Gasteiger partial charge in [0.05, 0.1) is 18.2 Å². The van der Waals surface area contributed by atoms with Gasteiger partial charge in [0.1, 0.15) is 30.4 Å². The summed E-state index contributed by atoms with van der Waals surface area (Å²) in [5.74, 6) is 1.15. The molecule has 0 bridgehead atoms. The highest BCUT2D eigenvalue weighted by Crippen LogP contribution is 2.62. The first-order valence-corrected chi connectivity index (χ1v) is 20.3. The third-order valence-electron chi connectivity index (χ3n) is 12.2. The van der Waals surface area contributed by atoms with E-state index in [9.17, 15) is 15.0 Å². The zero-order chi connectivity index (χ0) is 40.2. The molecule has 0 radical (unpaired) electrons. The van der Waals surface area contributed by atoms with Crippen LogP contribution in [-0.2, 0) is 9.57 Å². The van der Waals surface area contributed by atoms with Crippen molar-refractivity contribution in [1.29, 1.82) is 0 Å². The van der Waals surface area contributed by atoms with Crippen LogP contribution in [0.3, 0.4) is 0 Å². The standard InChI is InChI=1S/C47H52N2O9/c1-4-23-56-47-43(49(2)46(52)33-16-19-41-42(26-33)55-29-54-41)28-39(48-53-3)37-25-32(13-7-9-21-50)36(14-8-10-22-51)44(45(37)47)38-27-35(18-20-40(38)58-47)57-34-17-15-30-11-5-6-12-31(30)24-34/h4-6,11-12,15-20,24-27,32,36,43-45,50-51H,1,7-10,13-14,21-23,28-29H2,2-3H3/t32-,36+,43-,44+,45+,47+/m0/s1. The van der Waals surface area contributed by atoms with Gasteiger partial charge in [0, 0.05) is 43.7 Å². The molecule has 8 rings (SSSR count). The molecule has 2 aliphatic heterocycles. The van der Waals surface area contributed by atoms with Crippen molar-refractivity contribution in [3.63, 3.8) is 0 Å². The van der Waals surface area contributed by atoms with Gasteiger partial charge < -0.3 is 43.6 Å². The number of likely N-dealkylation sites (N-methyl/N-ethyl adjacent to an activating group) is 1. The van der Waals surface area contributed by atoms with E-state index in [1.54, 1.807) is 43.3 Å². The normalized spacial score (nSPS) is 24.7. The van der Waals surface area contributed by atoms with E-state index in [1.807, 2.05) is 36.4 Å². The van der Waals surface area contributed by atoms with Crippen molar-refractivity contribution in [3.05, 3.63) is 114 Å². The van der Waals surface area contributed by atoms with Gasteiger partial charge in [-0.15, -0.1) is 6.58 Å². The van der Waals surface area contributed by atoms with Crippen molar-refractivity contribution >= 4 is 22.4 Å². The van der Waals surface area contributed by atoms with E-state index in [0.717, 1.165) is 59.1 Å². The monoisotopic (exact) mass is 788 g/mol. The molecular formula is C47H52N2O9. The molecule has 4 aromatic rings. The SMILES string of the molecule is C=CCO[C@@]12Oc3ccc(Oc4ccc5ccccc5c4)cc3[C@H]3[C@H](CCCCO)[C@@H](CCCCO)C=C(C(=NOC)C[C@@H]1N(C)C(=O)c1ccc4c(c1)OCO4)[C@H]32. The Kier molecular flexibility index (Phi) is 11.7. The fourth-order valence-electron chi connectivity index (χ4n) is 9.64. The second kappa shape index (κ2) is 17.2. The highest BCUT2D eigenvalue weighted by Gasteiger charge is 2.65. The third-order valence-corrected chi connectivity index (χ3v) is 12.2. The number of aliphatic hydroxyl groups is 2. The molecule has 0 saturated heterocycles. The quantitative estimate of drug-likeness (QED) is 0.0654. The summed E-state index contributed by atoms with van der Waals surface area (Å²) < 4.78 is 32.0. The molecule has 11 nitrogen and oxygen atoms in total. The lowest BCUT2D eigenvalue weighted by Crippen LogP contribution is -2.69. The van der Waals surface area contributed by atoms with Gasteiger partial charge >= 0.3 is 0 Å². The summed E-state index contributed by atoms with van der Waals surface area (Å²) in [4.78, 5) is 21.8. The van der Waals surface area contributed by atoms with E-state index in [4.69, 9.17) is 28.5 Å². The number of amides is 1. The Morgan fingerprint density at radius 1 is 0.914 bits per heavy atom. The van der Waals surface area contributed by atoms with Crippen LogP contribution < -0.4 is 18.9 Å². The van der Waals surface area contributed by atoms with E-state index in [0.29, 0.717) is 47.8 Å². The number of aliphatic hydroxyl groups excluding tert-OH is 2. The molecule has 304 valence electrons. The Morgan fingerprint density at radius 3 is 2.45 bits per heavy atom. The Bertz CT molecular complexity index is 2200. The maximum atomic E-state index is 14.6. The minimum absolute atomic E-state index is 0.0849. The average Bonchev–Trinajstić information content (AvgIpc) is 3.72. The van der Waals surface area contributed by atoms with Gasteiger partial charge in [0.15, 0.2) is 11.5 Å². The number of hydrogen-bond acceptors (Lipinski definition) is 10. The number of nitrogens with zero attached hydrogens (tertiary/aromatic N) is 2. The number of hydrogen-bond donors (Lipinski definition) is 2. The smallest absolute Gasteiger partial charge is 0.254 e. The Hall–Kier alpha value is -5.36. The third kappa shape index (κ3) is 7.42. The number of rotatable bonds is 16. The fourth-order valence-corrected chi connectivity index (χ4v) is 9.64. The van der Waals surface area contributed by atoms with Crippen molar-refractivity contribution in [2.24, 2.45) is 22.9 Å². The maximum absolute atomic E-state index is 14.6. The number of oxime groups is 1. The average molecular weight is 789 g/mol. The first-order valence-electron chi connectivity index (χ1n) is 20.3. The van der Waals surface area contributed by atoms with Crippen LogP contribution in [0.5, 0.6) is 28.7 Å². The lowest BCUT2D eigenvalue weighted by molar-refractivity contribution is -0.252. The topological polar surface area (TPSA) is 129 Å². The molecule has 58 heavy (non-hydrogen) atoms. The summed E-state index contributed by atoms with van der Waals surface area (Å²) in [6, 6.07) is 24.8. The number of benzene rings is 4. The largest absolute Gasteiger partial charge is 0.459 e. The Labute approximate surface area is 339 Å². The van der Waals surface area contributed by atoms with Crippen molar-refractivity contribution < 1.29 is 43.5 Å². The number of allylic oxidation sites excluding steroid dienone is 1. The molecule has 0 spiro atoms. The molecule has 0 unspecified atom stereocenters. The van der Waals surface area contributed by atoms with E-state index in [-0.39, 0.29) is 50.3 Å². The second-order valence-electron chi connectivity index (χ2n) is 15.6. The molecular weight excluding hydrogens is 737 g/mol. The Balaban J connectivity index is 1.28. The Morgan fingerprint density at radius 2 is 1.66 bits per heavy atom. The highest BCUT2D eigenvalue weighted by atomic mass is 16.7. The predicted octanol–water partition coefficient (Wildman–Crippen LogP) is 8.40. The van der Waals surface area contributed by atoms with Crippen LogP contribution in [0.15, 0.2) is 108 Å². The number of ether oxygens (including phenoxy) is 5. The summed E-state index contributed by atoms with van der Waals surface area (Å²) in [6.07, 6.45) is 9.04. The summed E-state index contributed by atoms with van der Waals surface area (Å²) in [6.45, 7) is 4.50. The van der Waals surface area contributed by atoms with Crippen LogP contribution in [-0.4, -0.2) is 79.3 Å². The molecule has 6 atom stereocenters. The van der Waals surface area contributed by atoms with Gasteiger partial charge in [-0.25, -0.2) is 0 Å². The lowest BCUT2D eigenvalue weighted by atomic mass is 9.55. The maximum Gasteiger partial charge on any atom is 0.254 e. The van der Waals surface area contributed by atoms with Crippen LogP contribution in [0, 0.1) is 17.8 Å². The van der Waals surface area contributed by atoms with E-state index < -0.39 is 17.7 Å². The van der Waals surface area contributed by atoms with Gasteiger partial charge in [-0.3, -0.25) is 4.79 Å². The number of carbonyl (C=O) groups is 1. The molecule has 1 saturated carbocycles. The molecule has 2 N–H and O–H groups in total.